The molecule has 0 unspecified atom stereocenters. The summed E-state index contributed by atoms with van der Waals surface area (Å²) in [6.07, 6.45) is 1.17. The van der Waals surface area contributed by atoms with Crippen LogP contribution in [0, 0.1) is 0 Å². The molecule has 0 spiro atoms. The van der Waals surface area contributed by atoms with Gasteiger partial charge < -0.3 is 19.5 Å². The molecule has 8 nitrogen and oxygen atoms in total. The van der Waals surface area contributed by atoms with Crippen LogP contribution in [-0.2, 0) is 0 Å². The number of ether oxygens (including phenoxy) is 1. The predicted octanol–water partition coefficient (Wildman–Crippen LogP) is 0.424. The lowest BCUT2D eigenvalue weighted by molar-refractivity contribution is 0.0744. The molecule has 0 atom stereocenters. The predicted molar refractivity (Wildman–Crippen MR) is 93.4 cm³/mol. The molecule has 1 saturated heterocycles. The molecule has 0 bridgehead atoms. The Hall–Kier alpha value is -3.03. The van der Waals surface area contributed by atoms with Crippen molar-refractivity contribution in [3.8, 4) is 5.75 Å². The zero-order valence-electron chi connectivity index (χ0n) is 13.9. The van der Waals surface area contributed by atoms with E-state index in [9.17, 15) is 14.4 Å². The first-order valence-corrected chi connectivity index (χ1v) is 8.18. The zero-order chi connectivity index (χ0) is 17.8. The van der Waals surface area contributed by atoms with Gasteiger partial charge >= 0.3 is 5.69 Å². The lowest BCUT2D eigenvalue weighted by Crippen LogP contribution is -2.50. The summed E-state index contributed by atoms with van der Waals surface area (Å²) in [5.41, 5.74) is -0.349. The second kappa shape index (κ2) is 7.25. The minimum atomic E-state index is -0.669. The number of hydrogen-bond donors (Lipinski definition) is 2. The minimum Gasteiger partial charge on any atom is -0.492 e. The van der Waals surface area contributed by atoms with Crippen LogP contribution in [0.1, 0.15) is 17.3 Å². The molecule has 1 aliphatic rings. The first-order valence-electron chi connectivity index (χ1n) is 8.18. The van der Waals surface area contributed by atoms with E-state index in [1.54, 1.807) is 4.90 Å². The third-order valence-corrected chi connectivity index (χ3v) is 4.12. The minimum absolute atomic E-state index is 0.0530. The van der Waals surface area contributed by atoms with Gasteiger partial charge in [0.25, 0.3) is 11.5 Å². The van der Waals surface area contributed by atoms with Crippen molar-refractivity contribution in [3.05, 3.63) is 56.9 Å². The van der Waals surface area contributed by atoms with E-state index in [0.717, 1.165) is 11.4 Å². The lowest BCUT2D eigenvalue weighted by atomic mass is 10.2. The number of aromatic nitrogens is 2. The molecular formula is C17H20N4O4. The van der Waals surface area contributed by atoms with Gasteiger partial charge in [0.1, 0.15) is 11.3 Å². The molecule has 1 fully saturated rings. The normalized spacial score (nSPS) is 14.4. The van der Waals surface area contributed by atoms with E-state index >= 15 is 0 Å². The number of aromatic amines is 2. The van der Waals surface area contributed by atoms with Crippen LogP contribution < -0.4 is 20.9 Å². The number of hydrogen-bond acceptors (Lipinski definition) is 5. The molecule has 1 aromatic heterocycles. The number of carbonyl (C=O) groups excluding carboxylic acids is 1. The summed E-state index contributed by atoms with van der Waals surface area (Å²) in [6.45, 7) is 4.77. The zero-order valence-corrected chi connectivity index (χ0v) is 13.9. The van der Waals surface area contributed by atoms with Crippen molar-refractivity contribution in [2.75, 3.05) is 37.7 Å². The van der Waals surface area contributed by atoms with E-state index in [0.29, 0.717) is 32.8 Å². The first-order chi connectivity index (χ1) is 12.1. The van der Waals surface area contributed by atoms with Gasteiger partial charge in [0.2, 0.25) is 0 Å². The van der Waals surface area contributed by atoms with Crippen LogP contribution >= 0.6 is 0 Å². The molecule has 3 rings (SSSR count). The Morgan fingerprint density at radius 3 is 2.56 bits per heavy atom. The summed E-state index contributed by atoms with van der Waals surface area (Å²) < 4.78 is 5.66. The van der Waals surface area contributed by atoms with E-state index in [1.807, 2.05) is 31.2 Å². The number of piperazine rings is 1. The second-order valence-electron chi connectivity index (χ2n) is 5.67. The van der Waals surface area contributed by atoms with Gasteiger partial charge in [-0.05, 0) is 19.1 Å². The number of rotatable bonds is 4. The monoisotopic (exact) mass is 344 g/mol. The number of benzene rings is 1. The summed E-state index contributed by atoms with van der Waals surface area (Å²) in [5.74, 6) is 0.442. The first kappa shape index (κ1) is 16.8. The highest BCUT2D eigenvalue weighted by Crippen LogP contribution is 2.28. The highest BCUT2D eigenvalue weighted by atomic mass is 16.5. The molecule has 2 N–H and O–H groups in total. The largest absolute Gasteiger partial charge is 0.492 e. The standard InChI is InChI=1S/C17H20N4O4/c1-2-25-14-6-4-3-5-13(14)20-7-9-21(10-8-20)16(23)12-11-18-17(24)19-15(12)22/h3-6,11H,2,7-10H2,1H3,(H2,18,19,22,24). The van der Waals surface area contributed by atoms with Gasteiger partial charge in [0.15, 0.2) is 0 Å². The molecule has 2 aromatic rings. The van der Waals surface area contributed by atoms with Crippen molar-refractivity contribution in [2.24, 2.45) is 0 Å². The number of anilines is 1. The van der Waals surface area contributed by atoms with E-state index in [4.69, 9.17) is 4.74 Å². The van der Waals surface area contributed by atoms with Gasteiger partial charge in [-0.3, -0.25) is 14.6 Å². The van der Waals surface area contributed by atoms with Crippen LogP contribution in [0.2, 0.25) is 0 Å². The van der Waals surface area contributed by atoms with Crippen molar-refractivity contribution < 1.29 is 9.53 Å². The van der Waals surface area contributed by atoms with Gasteiger partial charge in [-0.2, -0.15) is 0 Å². The van der Waals surface area contributed by atoms with E-state index in [1.165, 1.54) is 6.20 Å². The number of nitrogens with zero attached hydrogens (tertiary/aromatic N) is 2. The number of nitrogens with one attached hydrogen (secondary N) is 2. The topological polar surface area (TPSA) is 98.5 Å². The van der Waals surface area contributed by atoms with Crippen molar-refractivity contribution >= 4 is 11.6 Å². The molecule has 8 heteroatoms. The SMILES string of the molecule is CCOc1ccccc1N1CCN(C(=O)c2c[nH]c(=O)[nH]c2=O)CC1. The fourth-order valence-electron chi connectivity index (χ4n) is 2.89. The molecular weight excluding hydrogens is 324 g/mol. The number of carbonyl (C=O) groups is 1. The van der Waals surface area contributed by atoms with Crippen molar-refractivity contribution in [1.29, 1.82) is 0 Å². The second-order valence-corrected chi connectivity index (χ2v) is 5.67. The molecule has 132 valence electrons. The van der Waals surface area contributed by atoms with E-state index in [-0.39, 0.29) is 11.5 Å². The maximum atomic E-state index is 12.5. The Labute approximate surface area is 144 Å². The van der Waals surface area contributed by atoms with Crippen LogP contribution in [0.5, 0.6) is 5.75 Å². The van der Waals surface area contributed by atoms with E-state index in [2.05, 4.69) is 14.9 Å². The van der Waals surface area contributed by atoms with Crippen LogP contribution in [0.15, 0.2) is 40.1 Å². The van der Waals surface area contributed by atoms with Gasteiger partial charge in [0, 0.05) is 32.4 Å². The average Bonchev–Trinajstić information content (AvgIpc) is 2.62. The fraction of sp³-hybridized carbons (Fsp3) is 0.353. The summed E-state index contributed by atoms with van der Waals surface area (Å²) in [5, 5.41) is 0. The van der Waals surface area contributed by atoms with Crippen LogP contribution in [0.25, 0.3) is 0 Å². The molecule has 0 radical (unpaired) electrons. The summed E-state index contributed by atoms with van der Waals surface area (Å²) in [4.78, 5) is 43.5. The van der Waals surface area contributed by atoms with Crippen molar-refractivity contribution in [3.63, 3.8) is 0 Å². The van der Waals surface area contributed by atoms with Crippen molar-refractivity contribution in [1.82, 2.24) is 14.9 Å². The molecule has 0 saturated carbocycles. The molecule has 1 aliphatic heterocycles. The highest BCUT2D eigenvalue weighted by molar-refractivity contribution is 5.93. The fourth-order valence-corrected chi connectivity index (χ4v) is 2.89. The van der Waals surface area contributed by atoms with Crippen LogP contribution in [-0.4, -0.2) is 53.6 Å². The Morgan fingerprint density at radius 2 is 1.88 bits per heavy atom. The molecule has 1 aromatic carbocycles. The maximum absolute atomic E-state index is 12.5. The summed E-state index contributed by atoms with van der Waals surface area (Å²) >= 11 is 0. The summed E-state index contributed by atoms with van der Waals surface area (Å²) in [7, 11) is 0. The Morgan fingerprint density at radius 1 is 1.16 bits per heavy atom. The van der Waals surface area contributed by atoms with Gasteiger partial charge in [0.05, 0.1) is 12.3 Å². The number of amides is 1. The Bertz CT molecular complexity index is 865. The molecule has 2 heterocycles. The van der Waals surface area contributed by atoms with Gasteiger partial charge in [-0.25, -0.2) is 4.79 Å². The smallest absolute Gasteiger partial charge is 0.325 e. The molecule has 25 heavy (non-hydrogen) atoms. The Balaban J connectivity index is 1.71. The van der Waals surface area contributed by atoms with Crippen molar-refractivity contribution in [2.45, 2.75) is 6.92 Å². The lowest BCUT2D eigenvalue weighted by Gasteiger charge is -2.36. The highest BCUT2D eigenvalue weighted by Gasteiger charge is 2.25. The Kier molecular flexibility index (Phi) is 4.87. The maximum Gasteiger partial charge on any atom is 0.325 e. The average molecular weight is 344 g/mol. The molecule has 0 aliphatic carbocycles. The third kappa shape index (κ3) is 3.57. The molecule has 1 amide bonds. The van der Waals surface area contributed by atoms with Crippen LogP contribution in [0.3, 0.4) is 0 Å². The summed E-state index contributed by atoms with van der Waals surface area (Å²) in [6, 6.07) is 7.80. The van der Waals surface area contributed by atoms with Gasteiger partial charge in [-0.1, -0.05) is 12.1 Å². The number of H-pyrrole nitrogens is 2. The quantitative estimate of drug-likeness (QED) is 0.838. The van der Waals surface area contributed by atoms with Gasteiger partial charge in [-0.15, -0.1) is 0 Å². The van der Waals surface area contributed by atoms with E-state index < -0.39 is 11.2 Å². The number of para-hydroxylation sites is 2. The third-order valence-electron chi connectivity index (χ3n) is 4.12. The van der Waals surface area contributed by atoms with Crippen LogP contribution in [0.4, 0.5) is 5.69 Å².